The number of carboxylic acids is 1. The van der Waals surface area contributed by atoms with E-state index >= 15 is 0 Å². The molecule has 0 radical (unpaired) electrons. The Morgan fingerprint density at radius 2 is 2.00 bits per heavy atom. The van der Waals surface area contributed by atoms with E-state index in [-0.39, 0.29) is 6.42 Å². The zero-order valence-electron chi connectivity index (χ0n) is 10.6. The van der Waals surface area contributed by atoms with Crippen molar-refractivity contribution in [1.82, 2.24) is 10.3 Å². The second-order valence-corrected chi connectivity index (χ2v) is 4.47. The third-order valence-electron chi connectivity index (χ3n) is 2.92. The van der Waals surface area contributed by atoms with E-state index in [4.69, 9.17) is 5.11 Å². The molecule has 2 aromatic rings. The van der Waals surface area contributed by atoms with Crippen LogP contribution in [-0.2, 0) is 16.0 Å². The summed E-state index contributed by atoms with van der Waals surface area (Å²) >= 11 is 0. The van der Waals surface area contributed by atoms with Crippen molar-refractivity contribution in [3.63, 3.8) is 0 Å². The molecule has 0 bridgehead atoms. The van der Waals surface area contributed by atoms with Gasteiger partial charge < -0.3 is 15.4 Å². The fraction of sp³-hybridized carbons (Fsp3) is 0.231. The summed E-state index contributed by atoms with van der Waals surface area (Å²) in [7, 11) is 0. The summed E-state index contributed by atoms with van der Waals surface area (Å²) in [6.07, 6.45) is -3.67. The highest BCUT2D eigenvalue weighted by Gasteiger charge is 2.40. The standard InChI is InChI=1S/C13H11F3N2O3/c14-13(15,16)12(21)18-10(11(19)20)6-7-1-2-8-3-4-17-9(8)5-7/h1-5,10,17H,6H2,(H,18,21)(H,19,20). The lowest BCUT2D eigenvalue weighted by atomic mass is 10.0. The van der Waals surface area contributed by atoms with Crippen molar-refractivity contribution in [1.29, 1.82) is 0 Å². The summed E-state index contributed by atoms with van der Waals surface area (Å²) in [5.41, 5.74) is 1.23. The number of nitrogens with one attached hydrogen (secondary N) is 2. The van der Waals surface area contributed by atoms with Crippen LogP contribution in [0.1, 0.15) is 5.56 Å². The zero-order valence-corrected chi connectivity index (χ0v) is 10.6. The van der Waals surface area contributed by atoms with Gasteiger partial charge in [-0.05, 0) is 23.1 Å². The SMILES string of the molecule is O=C(O)C(Cc1ccc2cc[nH]c2c1)NC(=O)C(F)(F)F. The van der Waals surface area contributed by atoms with Gasteiger partial charge in [0, 0.05) is 18.1 Å². The summed E-state index contributed by atoms with van der Waals surface area (Å²) in [4.78, 5) is 24.7. The maximum atomic E-state index is 12.2. The molecule has 1 heterocycles. The maximum absolute atomic E-state index is 12.2. The molecule has 1 aromatic carbocycles. The molecular weight excluding hydrogens is 289 g/mol. The van der Waals surface area contributed by atoms with Crippen LogP contribution in [0, 0.1) is 0 Å². The van der Waals surface area contributed by atoms with E-state index in [1.807, 2.05) is 0 Å². The number of aromatic nitrogens is 1. The molecule has 1 atom stereocenters. The largest absolute Gasteiger partial charge is 0.480 e. The van der Waals surface area contributed by atoms with Gasteiger partial charge in [0.15, 0.2) is 0 Å². The quantitative estimate of drug-likeness (QED) is 0.806. The zero-order chi connectivity index (χ0) is 15.6. The topological polar surface area (TPSA) is 82.2 Å². The van der Waals surface area contributed by atoms with Gasteiger partial charge in [0.05, 0.1) is 0 Å². The molecule has 1 amide bonds. The molecule has 3 N–H and O–H groups in total. The molecule has 1 aromatic heterocycles. The number of benzene rings is 1. The number of carbonyl (C=O) groups is 2. The van der Waals surface area contributed by atoms with E-state index in [0.717, 1.165) is 10.9 Å². The van der Waals surface area contributed by atoms with Crippen LogP contribution in [0.3, 0.4) is 0 Å². The van der Waals surface area contributed by atoms with Gasteiger partial charge in [-0.25, -0.2) is 4.79 Å². The maximum Gasteiger partial charge on any atom is 0.471 e. The Morgan fingerprint density at radius 1 is 1.29 bits per heavy atom. The van der Waals surface area contributed by atoms with E-state index in [9.17, 15) is 22.8 Å². The number of fused-ring (bicyclic) bond motifs is 1. The van der Waals surface area contributed by atoms with E-state index in [2.05, 4.69) is 4.98 Å². The fourth-order valence-corrected chi connectivity index (χ4v) is 1.90. The van der Waals surface area contributed by atoms with Crippen LogP contribution in [-0.4, -0.2) is 34.2 Å². The molecule has 0 saturated heterocycles. The molecule has 1 unspecified atom stereocenters. The third kappa shape index (κ3) is 3.53. The van der Waals surface area contributed by atoms with Gasteiger partial charge in [-0.3, -0.25) is 4.79 Å². The van der Waals surface area contributed by atoms with Gasteiger partial charge in [-0.15, -0.1) is 0 Å². The van der Waals surface area contributed by atoms with Crippen molar-refractivity contribution in [2.75, 3.05) is 0 Å². The summed E-state index contributed by atoms with van der Waals surface area (Å²) in [5, 5.41) is 11.3. The number of hydrogen-bond acceptors (Lipinski definition) is 2. The average Bonchev–Trinajstić information content (AvgIpc) is 2.83. The molecule has 0 aliphatic rings. The molecule has 0 aliphatic carbocycles. The summed E-state index contributed by atoms with van der Waals surface area (Å²) in [6, 6.07) is 5.11. The summed E-state index contributed by atoms with van der Waals surface area (Å²) in [5.74, 6) is -3.80. The second kappa shape index (κ2) is 5.47. The van der Waals surface area contributed by atoms with Gasteiger partial charge in [0.1, 0.15) is 6.04 Å². The van der Waals surface area contributed by atoms with Crippen molar-refractivity contribution in [2.45, 2.75) is 18.6 Å². The molecular formula is C13H11F3N2O3. The number of H-pyrrole nitrogens is 1. The van der Waals surface area contributed by atoms with Crippen molar-refractivity contribution in [2.24, 2.45) is 0 Å². The predicted molar refractivity (Wildman–Crippen MR) is 67.6 cm³/mol. The predicted octanol–water partition coefficient (Wildman–Crippen LogP) is 1.84. The highest BCUT2D eigenvalue weighted by molar-refractivity contribution is 5.87. The normalized spacial score (nSPS) is 13.1. The number of halogens is 3. The Kier molecular flexibility index (Phi) is 3.88. The van der Waals surface area contributed by atoms with Gasteiger partial charge in [-0.2, -0.15) is 13.2 Å². The van der Waals surface area contributed by atoms with Crippen molar-refractivity contribution >= 4 is 22.8 Å². The van der Waals surface area contributed by atoms with Crippen molar-refractivity contribution < 1.29 is 27.9 Å². The summed E-state index contributed by atoms with van der Waals surface area (Å²) in [6.45, 7) is 0. The van der Waals surface area contributed by atoms with Crippen molar-refractivity contribution in [3.05, 3.63) is 36.0 Å². The molecule has 0 fully saturated rings. The molecule has 21 heavy (non-hydrogen) atoms. The highest BCUT2D eigenvalue weighted by atomic mass is 19.4. The van der Waals surface area contributed by atoms with Crippen LogP contribution in [0.15, 0.2) is 30.5 Å². The molecule has 0 saturated carbocycles. The third-order valence-corrected chi connectivity index (χ3v) is 2.92. The number of amides is 1. The number of hydrogen-bond donors (Lipinski definition) is 3. The minimum absolute atomic E-state index is 0.244. The smallest absolute Gasteiger partial charge is 0.471 e. The first-order chi connectivity index (χ1) is 9.77. The van der Waals surface area contributed by atoms with Crippen LogP contribution in [0.5, 0.6) is 0 Å². The van der Waals surface area contributed by atoms with E-state index in [1.165, 1.54) is 5.32 Å². The van der Waals surface area contributed by atoms with Crippen LogP contribution < -0.4 is 5.32 Å². The molecule has 112 valence electrons. The van der Waals surface area contributed by atoms with Gasteiger partial charge >= 0.3 is 18.1 Å². The molecule has 5 nitrogen and oxygen atoms in total. The average molecular weight is 300 g/mol. The minimum Gasteiger partial charge on any atom is -0.480 e. The molecule has 8 heteroatoms. The molecule has 0 aliphatic heterocycles. The fourth-order valence-electron chi connectivity index (χ4n) is 1.90. The Labute approximate surface area is 116 Å². The van der Waals surface area contributed by atoms with E-state index < -0.39 is 24.1 Å². The van der Waals surface area contributed by atoms with Crippen LogP contribution in [0.25, 0.3) is 10.9 Å². The lowest BCUT2D eigenvalue weighted by Crippen LogP contribution is -2.47. The first kappa shape index (κ1) is 14.9. The number of alkyl halides is 3. The van der Waals surface area contributed by atoms with Gasteiger partial charge in [0.2, 0.25) is 0 Å². The number of aliphatic carboxylic acids is 1. The number of carboxylic acid groups (broad SMARTS) is 1. The number of carbonyl (C=O) groups excluding carboxylic acids is 1. The van der Waals surface area contributed by atoms with Crippen LogP contribution in [0.4, 0.5) is 13.2 Å². The Morgan fingerprint density at radius 3 is 2.62 bits per heavy atom. The number of aromatic amines is 1. The Hall–Kier alpha value is -2.51. The number of rotatable bonds is 4. The lowest BCUT2D eigenvalue weighted by Gasteiger charge is -2.15. The van der Waals surface area contributed by atoms with Crippen molar-refractivity contribution in [3.8, 4) is 0 Å². The summed E-state index contributed by atoms with van der Waals surface area (Å²) < 4.78 is 36.5. The Balaban J connectivity index is 2.15. The second-order valence-electron chi connectivity index (χ2n) is 4.47. The molecule has 0 spiro atoms. The lowest BCUT2D eigenvalue weighted by molar-refractivity contribution is -0.175. The minimum atomic E-state index is -5.11. The highest BCUT2D eigenvalue weighted by Crippen LogP contribution is 2.17. The van der Waals surface area contributed by atoms with Crippen LogP contribution >= 0.6 is 0 Å². The Bertz CT molecular complexity index is 679. The van der Waals surface area contributed by atoms with E-state index in [1.54, 1.807) is 30.5 Å². The van der Waals surface area contributed by atoms with Crippen LogP contribution in [0.2, 0.25) is 0 Å². The first-order valence-electron chi connectivity index (χ1n) is 5.94. The van der Waals surface area contributed by atoms with E-state index in [0.29, 0.717) is 5.56 Å². The molecule has 2 rings (SSSR count). The monoisotopic (exact) mass is 300 g/mol. The first-order valence-corrected chi connectivity index (χ1v) is 5.94. The van der Waals surface area contributed by atoms with Gasteiger partial charge in [0.25, 0.3) is 0 Å². The van der Waals surface area contributed by atoms with Gasteiger partial charge in [-0.1, -0.05) is 12.1 Å².